The minimum Gasteiger partial charge on any atom is -0.478 e. The summed E-state index contributed by atoms with van der Waals surface area (Å²) >= 11 is 0. The summed E-state index contributed by atoms with van der Waals surface area (Å²) in [6.45, 7) is 0.917. The van der Waals surface area contributed by atoms with Gasteiger partial charge in [0, 0.05) is 6.54 Å². The first-order chi connectivity index (χ1) is 8.33. The van der Waals surface area contributed by atoms with Crippen molar-refractivity contribution < 1.29 is 26.7 Å². The van der Waals surface area contributed by atoms with E-state index in [-0.39, 0.29) is 6.54 Å². The fourth-order valence-electron chi connectivity index (χ4n) is 1.28. The number of hydrogen-bond acceptors (Lipinski definition) is 2. The topological polar surface area (TPSA) is 21.3 Å². The molecule has 0 heterocycles. The minimum absolute atomic E-state index is 0.226. The Morgan fingerprint density at radius 3 is 2.17 bits per heavy atom. The largest absolute Gasteiger partial charge is 0.478 e. The molecule has 1 rings (SSSR count). The molecule has 1 aromatic carbocycles. The zero-order chi connectivity index (χ0) is 13.8. The quantitative estimate of drug-likeness (QED) is 0.830. The molecule has 0 saturated heterocycles. The summed E-state index contributed by atoms with van der Waals surface area (Å²) in [5.41, 5.74) is 0.297. The van der Waals surface area contributed by atoms with Gasteiger partial charge in [0.1, 0.15) is 0 Å². The second-order valence-electron chi connectivity index (χ2n) is 3.57. The third kappa shape index (κ3) is 4.48. The van der Waals surface area contributed by atoms with Gasteiger partial charge in [0.25, 0.3) is 0 Å². The highest BCUT2D eigenvalue weighted by molar-refractivity contribution is 5.31. The Balaban J connectivity index is 2.81. The molecule has 1 aromatic rings. The van der Waals surface area contributed by atoms with E-state index >= 15 is 0 Å². The van der Waals surface area contributed by atoms with Crippen molar-refractivity contribution in [2.24, 2.45) is 0 Å². The van der Waals surface area contributed by atoms with Crippen molar-refractivity contribution in [1.29, 1.82) is 0 Å². The van der Waals surface area contributed by atoms with Crippen molar-refractivity contribution in [3.8, 4) is 5.75 Å². The van der Waals surface area contributed by atoms with Crippen molar-refractivity contribution in [3.05, 3.63) is 29.3 Å². The van der Waals surface area contributed by atoms with Gasteiger partial charge in [-0.05, 0) is 24.2 Å². The van der Waals surface area contributed by atoms with Crippen LogP contribution in [0.1, 0.15) is 12.5 Å². The van der Waals surface area contributed by atoms with Gasteiger partial charge in [-0.25, -0.2) is 8.78 Å². The third-order valence-corrected chi connectivity index (χ3v) is 2.02. The summed E-state index contributed by atoms with van der Waals surface area (Å²) in [4.78, 5) is 0. The van der Waals surface area contributed by atoms with E-state index in [0.29, 0.717) is 12.1 Å². The molecule has 7 heteroatoms. The van der Waals surface area contributed by atoms with Gasteiger partial charge >= 0.3 is 6.18 Å². The van der Waals surface area contributed by atoms with Crippen LogP contribution in [-0.4, -0.2) is 19.3 Å². The summed E-state index contributed by atoms with van der Waals surface area (Å²) in [6.07, 6.45) is -4.64. The number of hydrogen-bond donors (Lipinski definition) is 1. The maximum atomic E-state index is 13.4. The molecule has 0 aliphatic carbocycles. The van der Waals surface area contributed by atoms with E-state index in [2.05, 4.69) is 10.1 Å². The Kier molecular flexibility index (Phi) is 4.89. The zero-order valence-electron chi connectivity index (χ0n) is 9.57. The Hall–Kier alpha value is -1.37. The van der Waals surface area contributed by atoms with Gasteiger partial charge in [0.15, 0.2) is 24.0 Å². The van der Waals surface area contributed by atoms with Crippen LogP contribution in [0.15, 0.2) is 12.1 Å². The first kappa shape index (κ1) is 14.7. The Morgan fingerprint density at radius 1 is 1.17 bits per heavy atom. The fraction of sp³-hybridized carbons (Fsp3) is 0.455. The summed E-state index contributed by atoms with van der Waals surface area (Å²) in [7, 11) is 0. The molecule has 0 fully saturated rings. The minimum atomic E-state index is -4.64. The van der Waals surface area contributed by atoms with Gasteiger partial charge in [-0.3, -0.25) is 0 Å². The highest BCUT2D eigenvalue weighted by atomic mass is 19.4. The predicted octanol–water partition coefficient (Wildman–Crippen LogP) is 3.02. The van der Waals surface area contributed by atoms with Crippen molar-refractivity contribution in [2.75, 3.05) is 13.2 Å². The highest BCUT2D eigenvalue weighted by Crippen LogP contribution is 2.25. The van der Waals surface area contributed by atoms with Crippen LogP contribution in [0.25, 0.3) is 0 Å². The molecule has 102 valence electrons. The number of benzene rings is 1. The number of rotatable bonds is 5. The Morgan fingerprint density at radius 2 is 1.72 bits per heavy atom. The SMILES string of the molecule is CCNCc1cc(F)c(OCC(F)(F)F)c(F)c1. The number of ether oxygens (including phenoxy) is 1. The van der Waals surface area contributed by atoms with E-state index in [1.165, 1.54) is 0 Å². The van der Waals surface area contributed by atoms with E-state index in [9.17, 15) is 22.0 Å². The van der Waals surface area contributed by atoms with E-state index in [0.717, 1.165) is 12.1 Å². The normalized spacial score (nSPS) is 11.7. The second-order valence-corrected chi connectivity index (χ2v) is 3.57. The van der Waals surface area contributed by atoms with Gasteiger partial charge < -0.3 is 10.1 Å². The van der Waals surface area contributed by atoms with Crippen LogP contribution in [0.4, 0.5) is 22.0 Å². The van der Waals surface area contributed by atoms with Crippen LogP contribution >= 0.6 is 0 Å². The molecule has 2 nitrogen and oxygen atoms in total. The molecule has 0 unspecified atom stereocenters. The molecule has 1 N–H and O–H groups in total. The molecule has 0 aliphatic heterocycles. The van der Waals surface area contributed by atoms with Gasteiger partial charge in [-0.1, -0.05) is 6.92 Å². The predicted molar refractivity (Wildman–Crippen MR) is 55.3 cm³/mol. The van der Waals surface area contributed by atoms with Crippen LogP contribution in [0.2, 0.25) is 0 Å². The van der Waals surface area contributed by atoms with Gasteiger partial charge in [0.05, 0.1) is 0 Å². The lowest BCUT2D eigenvalue weighted by molar-refractivity contribution is -0.154. The van der Waals surface area contributed by atoms with E-state index in [1.54, 1.807) is 0 Å². The third-order valence-electron chi connectivity index (χ3n) is 2.02. The summed E-state index contributed by atoms with van der Waals surface area (Å²) < 4.78 is 66.4. The molecule has 18 heavy (non-hydrogen) atoms. The van der Waals surface area contributed by atoms with Gasteiger partial charge in [-0.2, -0.15) is 13.2 Å². The molecular formula is C11H12F5NO. The Labute approximate surface area is 101 Å². The highest BCUT2D eigenvalue weighted by Gasteiger charge is 2.29. The van der Waals surface area contributed by atoms with Crippen LogP contribution in [0.5, 0.6) is 5.75 Å². The average Bonchev–Trinajstić information content (AvgIpc) is 2.23. The van der Waals surface area contributed by atoms with Crippen LogP contribution in [-0.2, 0) is 6.54 Å². The first-order valence-corrected chi connectivity index (χ1v) is 5.21. The van der Waals surface area contributed by atoms with Crippen LogP contribution in [0, 0.1) is 11.6 Å². The number of alkyl halides is 3. The number of nitrogens with one attached hydrogen (secondary N) is 1. The van der Waals surface area contributed by atoms with Crippen molar-refractivity contribution in [2.45, 2.75) is 19.6 Å². The standard InChI is InChI=1S/C11H12F5NO/c1-2-17-5-7-3-8(12)10(9(13)4-7)18-6-11(14,15)16/h3-4,17H,2,5-6H2,1H3. The number of halogens is 5. The molecule has 0 atom stereocenters. The van der Waals surface area contributed by atoms with Crippen LogP contribution in [0.3, 0.4) is 0 Å². The fourth-order valence-corrected chi connectivity index (χ4v) is 1.28. The smallest absolute Gasteiger partial charge is 0.422 e. The second kappa shape index (κ2) is 5.99. The van der Waals surface area contributed by atoms with Crippen molar-refractivity contribution in [3.63, 3.8) is 0 Å². The van der Waals surface area contributed by atoms with E-state index in [4.69, 9.17) is 0 Å². The van der Waals surface area contributed by atoms with Crippen molar-refractivity contribution >= 4 is 0 Å². The summed E-state index contributed by atoms with van der Waals surface area (Å²) in [5, 5.41) is 2.84. The molecular weight excluding hydrogens is 257 g/mol. The molecule has 0 spiro atoms. The molecule has 0 amide bonds. The summed E-state index contributed by atoms with van der Waals surface area (Å²) in [5.74, 6) is -3.30. The van der Waals surface area contributed by atoms with E-state index in [1.807, 2.05) is 6.92 Å². The van der Waals surface area contributed by atoms with Gasteiger partial charge in [-0.15, -0.1) is 0 Å². The van der Waals surface area contributed by atoms with E-state index < -0.39 is 30.2 Å². The maximum Gasteiger partial charge on any atom is 0.422 e. The molecule has 0 saturated carbocycles. The van der Waals surface area contributed by atoms with Crippen LogP contribution < -0.4 is 10.1 Å². The molecule has 0 aromatic heterocycles. The molecule has 0 aliphatic rings. The lowest BCUT2D eigenvalue weighted by atomic mass is 10.2. The molecule has 0 bridgehead atoms. The van der Waals surface area contributed by atoms with Gasteiger partial charge in [0.2, 0.25) is 0 Å². The summed E-state index contributed by atoms with van der Waals surface area (Å²) in [6, 6.07) is 1.88. The Bertz CT molecular complexity index is 382. The van der Waals surface area contributed by atoms with Crippen molar-refractivity contribution in [1.82, 2.24) is 5.32 Å². The average molecular weight is 269 g/mol. The lowest BCUT2D eigenvalue weighted by Crippen LogP contribution is -2.20. The zero-order valence-corrected chi connectivity index (χ0v) is 9.57. The maximum absolute atomic E-state index is 13.4. The monoisotopic (exact) mass is 269 g/mol. The molecule has 0 radical (unpaired) electrons. The lowest BCUT2D eigenvalue weighted by Gasteiger charge is -2.12. The first-order valence-electron chi connectivity index (χ1n) is 5.21.